The van der Waals surface area contributed by atoms with Gasteiger partial charge in [0.05, 0.1) is 17.7 Å². The van der Waals surface area contributed by atoms with E-state index in [0.717, 1.165) is 36.9 Å². The van der Waals surface area contributed by atoms with E-state index >= 15 is 0 Å². The van der Waals surface area contributed by atoms with Crippen LogP contribution in [0, 0.1) is 12.8 Å². The van der Waals surface area contributed by atoms with Gasteiger partial charge < -0.3 is 20.8 Å². The third-order valence-corrected chi connectivity index (χ3v) is 6.92. The van der Waals surface area contributed by atoms with Crippen molar-refractivity contribution in [1.82, 2.24) is 20.3 Å². The zero-order valence-corrected chi connectivity index (χ0v) is 20.9. The second-order valence-corrected chi connectivity index (χ2v) is 9.68. The van der Waals surface area contributed by atoms with Crippen molar-refractivity contribution in [2.24, 2.45) is 11.7 Å². The molecule has 3 aromatic rings. The van der Waals surface area contributed by atoms with Crippen molar-refractivity contribution < 1.29 is 14.3 Å². The number of H-pyrrole nitrogens is 1. The van der Waals surface area contributed by atoms with E-state index in [9.17, 15) is 9.59 Å². The maximum Gasteiger partial charge on any atom is 0.255 e. The summed E-state index contributed by atoms with van der Waals surface area (Å²) in [6.07, 6.45) is 7.43. The Balaban J connectivity index is 0.00000289. The minimum Gasteiger partial charge on any atom is -0.493 e. The molecule has 0 bridgehead atoms. The Hall–Kier alpha value is -2.97. The molecule has 0 saturated heterocycles. The molecule has 0 aliphatic heterocycles. The lowest BCUT2D eigenvalue weighted by Gasteiger charge is -2.26. The molecule has 35 heavy (non-hydrogen) atoms. The van der Waals surface area contributed by atoms with E-state index in [1.807, 2.05) is 19.1 Å². The molecule has 0 radical (unpaired) electrons. The third kappa shape index (κ3) is 5.33. The van der Waals surface area contributed by atoms with Crippen LogP contribution in [0.15, 0.2) is 24.5 Å². The van der Waals surface area contributed by atoms with Gasteiger partial charge in [-0.1, -0.05) is 0 Å². The number of amides is 1. The van der Waals surface area contributed by atoms with Crippen molar-refractivity contribution in [3.63, 3.8) is 0 Å². The molecule has 2 fully saturated rings. The number of nitrogens with two attached hydrogens (primary N) is 1. The fraction of sp³-hybridized carbons (Fsp3) is 0.462. The summed E-state index contributed by atoms with van der Waals surface area (Å²) in [7, 11) is 0. The standard InChI is InChI=1S/C26H31N5O3.ClH/c1-14-22(26(33)31-19-8-6-18(27)7-9-19)24-25(30-14)23(28-13-29-24)20-11-17(15(2)32)5-10-21(20)34-12-16-3-4-16;/h5,10-11,13,16,18-19,30H,3-4,6-9,12,27H2,1-2H3,(H,31,33);1H. The van der Waals surface area contributed by atoms with Crippen molar-refractivity contribution in [2.45, 2.75) is 64.5 Å². The van der Waals surface area contributed by atoms with Crippen LogP contribution in [-0.4, -0.2) is 45.3 Å². The molecule has 5 rings (SSSR count). The van der Waals surface area contributed by atoms with Gasteiger partial charge in [0.15, 0.2) is 5.78 Å². The Morgan fingerprint density at radius 2 is 1.89 bits per heavy atom. The highest BCUT2D eigenvalue weighted by atomic mass is 35.5. The number of carbonyl (C=O) groups excluding carboxylic acids is 2. The van der Waals surface area contributed by atoms with E-state index in [-0.39, 0.29) is 36.2 Å². The number of nitrogens with zero attached hydrogens (tertiary/aromatic N) is 2. The Morgan fingerprint density at radius 1 is 1.14 bits per heavy atom. The second kappa shape index (κ2) is 10.3. The lowest BCUT2D eigenvalue weighted by Crippen LogP contribution is -2.40. The molecule has 2 heterocycles. The first kappa shape index (κ1) is 25.1. The first-order chi connectivity index (χ1) is 16.4. The van der Waals surface area contributed by atoms with Crippen LogP contribution >= 0.6 is 12.4 Å². The lowest BCUT2D eigenvalue weighted by molar-refractivity contribution is 0.0926. The summed E-state index contributed by atoms with van der Waals surface area (Å²) in [5, 5.41) is 3.16. The molecule has 2 aliphatic rings. The van der Waals surface area contributed by atoms with Crippen LogP contribution in [0.25, 0.3) is 22.3 Å². The fourth-order valence-electron chi connectivity index (χ4n) is 4.68. The molecule has 0 spiro atoms. The summed E-state index contributed by atoms with van der Waals surface area (Å²) >= 11 is 0. The Bertz CT molecular complexity index is 1250. The zero-order chi connectivity index (χ0) is 23.8. The van der Waals surface area contributed by atoms with Crippen LogP contribution < -0.4 is 15.8 Å². The summed E-state index contributed by atoms with van der Waals surface area (Å²) in [4.78, 5) is 37.7. The molecule has 0 atom stereocenters. The van der Waals surface area contributed by atoms with E-state index in [4.69, 9.17) is 10.5 Å². The van der Waals surface area contributed by atoms with Gasteiger partial charge in [0.1, 0.15) is 23.3 Å². The average molecular weight is 498 g/mol. The number of aromatic nitrogens is 3. The fourth-order valence-corrected chi connectivity index (χ4v) is 4.68. The van der Waals surface area contributed by atoms with Crippen LogP contribution in [0.4, 0.5) is 0 Å². The van der Waals surface area contributed by atoms with Crippen molar-refractivity contribution in [3.8, 4) is 17.0 Å². The number of carbonyl (C=O) groups is 2. The number of hydrogen-bond acceptors (Lipinski definition) is 6. The maximum absolute atomic E-state index is 13.2. The van der Waals surface area contributed by atoms with Gasteiger partial charge in [0, 0.05) is 28.9 Å². The first-order valence-corrected chi connectivity index (χ1v) is 12.1. The quantitative estimate of drug-likeness (QED) is 0.417. The number of halogens is 1. The summed E-state index contributed by atoms with van der Waals surface area (Å²) in [5.74, 6) is 1.09. The van der Waals surface area contributed by atoms with Crippen molar-refractivity contribution in [1.29, 1.82) is 0 Å². The van der Waals surface area contributed by atoms with Crippen molar-refractivity contribution in [2.75, 3.05) is 6.61 Å². The van der Waals surface area contributed by atoms with Gasteiger partial charge in [0.25, 0.3) is 5.91 Å². The minimum atomic E-state index is -0.142. The molecule has 2 saturated carbocycles. The predicted octanol–water partition coefficient (Wildman–Crippen LogP) is 4.35. The van der Waals surface area contributed by atoms with E-state index in [2.05, 4.69) is 20.3 Å². The summed E-state index contributed by atoms with van der Waals surface area (Å²) in [6, 6.07) is 5.77. The smallest absolute Gasteiger partial charge is 0.255 e. The normalized spacial score (nSPS) is 19.7. The molecule has 8 nitrogen and oxygen atoms in total. The molecule has 2 aromatic heterocycles. The van der Waals surface area contributed by atoms with Crippen LogP contribution in [0.1, 0.15) is 71.9 Å². The third-order valence-electron chi connectivity index (χ3n) is 6.92. The largest absolute Gasteiger partial charge is 0.493 e. The highest BCUT2D eigenvalue weighted by Gasteiger charge is 2.26. The van der Waals surface area contributed by atoms with Gasteiger partial charge in [-0.05, 0) is 76.5 Å². The minimum absolute atomic E-state index is 0. The number of rotatable bonds is 7. The number of nitrogens with one attached hydrogen (secondary N) is 2. The number of ether oxygens (including phenoxy) is 1. The summed E-state index contributed by atoms with van der Waals surface area (Å²) < 4.78 is 6.12. The van der Waals surface area contributed by atoms with E-state index in [0.29, 0.717) is 46.1 Å². The SMILES string of the molecule is CC(=O)c1ccc(OCC2CC2)c(-c2ncnc3c(C(=O)NC4CCC(N)CC4)c(C)[nH]c23)c1.Cl. The van der Waals surface area contributed by atoms with Gasteiger partial charge in [-0.2, -0.15) is 0 Å². The summed E-state index contributed by atoms with van der Waals surface area (Å²) in [5.41, 5.74) is 10.4. The molecule has 186 valence electrons. The van der Waals surface area contributed by atoms with Crippen LogP contribution in [0.2, 0.25) is 0 Å². The Labute approximate surface area is 210 Å². The number of aromatic amines is 1. The first-order valence-electron chi connectivity index (χ1n) is 12.1. The Kier molecular flexibility index (Phi) is 7.42. The monoisotopic (exact) mass is 497 g/mol. The van der Waals surface area contributed by atoms with Crippen molar-refractivity contribution >= 4 is 35.1 Å². The highest BCUT2D eigenvalue weighted by molar-refractivity contribution is 6.09. The van der Waals surface area contributed by atoms with Crippen LogP contribution in [0.3, 0.4) is 0 Å². The van der Waals surface area contributed by atoms with Gasteiger partial charge in [-0.25, -0.2) is 9.97 Å². The number of Topliss-reactive ketones (excluding diaryl/α,β-unsaturated/α-hetero) is 1. The lowest BCUT2D eigenvalue weighted by atomic mass is 9.91. The molecular weight excluding hydrogens is 466 g/mol. The zero-order valence-electron chi connectivity index (χ0n) is 20.1. The second-order valence-electron chi connectivity index (χ2n) is 9.68. The number of benzene rings is 1. The molecule has 9 heteroatoms. The van der Waals surface area contributed by atoms with E-state index < -0.39 is 0 Å². The molecule has 4 N–H and O–H groups in total. The van der Waals surface area contributed by atoms with Gasteiger partial charge in [-0.3, -0.25) is 9.59 Å². The maximum atomic E-state index is 13.2. The number of aryl methyl sites for hydroxylation is 1. The van der Waals surface area contributed by atoms with Gasteiger partial charge >= 0.3 is 0 Å². The Morgan fingerprint density at radius 3 is 2.57 bits per heavy atom. The van der Waals surface area contributed by atoms with Crippen LogP contribution in [-0.2, 0) is 0 Å². The predicted molar refractivity (Wildman–Crippen MR) is 137 cm³/mol. The van der Waals surface area contributed by atoms with E-state index in [1.165, 1.54) is 19.2 Å². The van der Waals surface area contributed by atoms with Crippen molar-refractivity contribution in [3.05, 3.63) is 41.3 Å². The van der Waals surface area contributed by atoms with Gasteiger partial charge in [-0.15, -0.1) is 12.4 Å². The number of fused-ring (bicyclic) bond motifs is 1. The number of hydrogen-bond donors (Lipinski definition) is 3. The van der Waals surface area contributed by atoms with Crippen LogP contribution in [0.5, 0.6) is 5.75 Å². The van der Waals surface area contributed by atoms with Gasteiger partial charge in [0.2, 0.25) is 0 Å². The molecular formula is C26H32ClN5O3. The molecule has 1 aromatic carbocycles. The highest BCUT2D eigenvalue weighted by Crippen LogP contribution is 2.37. The molecule has 1 amide bonds. The number of ketones is 1. The van der Waals surface area contributed by atoms with E-state index in [1.54, 1.807) is 13.0 Å². The average Bonchev–Trinajstić information content (AvgIpc) is 3.58. The topological polar surface area (TPSA) is 123 Å². The summed E-state index contributed by atoms with van der Waals surface area (Å²) in [6.45, 7) is 4.05. The molecule has 0 unspecified atom stereocenters. The molecule has 2 aliphatic carbocycles.